The average Bonchev–Trinajstić information content (AvgIpc) is 2.71. The van der Waals surface area contributed by atoms with E-state index >= 15 is 0 Å². The van der Waals surface area contributed by atoms with Crippen LogP contribution >= 0.6 is 0 Å². The predicted octanol–water partition coefficient (Wildman–Crippen LogP) is 5.60. The Labute approximate surface area is 208 Å². The van der Waals surface area contributed by atoms with E-state index in [1.54, 1.807) is 19.1 Å². The minimum Gasteiger partial charge on any atom is -0.487 e. The van der Waals surface area contributed by atoms with Crippen LogP contribution in [0.5, 0.6) is 17.2 Å². The van der Waals surface area contributed by atoms with Gasteiger partial charge in [-0.1, -0.05) is 29.3 Å². The summed E-state index contributed by atoms with van der Waals surface area (Å²) in [7, 11) is -10.5. The summed E-state index contributed by atoms with van der Waals surface area (Å²) < 4.78 is 104. The molecule has 36 heavy (non-hydrogen) atoms. The van der Waals surface area contributed by atoms with Gasteiger partial charge in [0.2, 0.25) is 0 Å². The Kier molecular flexibility index (Phi) is 6.35. The minimum absolute atomic E-state index is 0.0174. The molecule has 1 heterocycles. The normalized spacial score (nSPS) is 21.5. The number of allylic oxidation sites excluding steroid dienone is 2. The van der Waals surface area contributed by atoms with Crippen LogP contribution in [0.1, 0.15) is 50.7 Å². The zero-order valence-corrected chi connectivity index (χ0v) is 21.6. The molecule has 0 aromatic heterocycles. The fraction of sp³-hybridized carbons (Fsp3) is 0.417. The van der Waals surface area contributed by atoms with Crippen LogP contribution in [0.4, 0.5) is 13.2 Å². The van der Waals surface area contributed by atoms with E-state index in [-0.39, 0.29) is 28.2 Å². The maximum Gasteiger partial charge on any atom is 0.534 e. The van der Waals surface area contributed by atoms with Crippen LogP contribution in [0, 0.1) is 12.8 Å². The molecule has 7 nitrogen and oxygen atoms in total. The number of aryl methyl sites for hydroxylation is 1. The predicted molar refractivity (Wildman–Crippen MR) is 125 cm³/mol. The van der Waals surface area contributed by atoms with E-state index < -0.39 is 37.1 Å². The highest BCUT2D eigenvalue weighted by Crippen LogP contribution is 2.55. The maximum atomic E-state index is 13.1. The Morgan fingerprint density at radius 2 is 1.64 bits per heavy atom. The van der Waals surface area contributed by atoms with E-state index in [0.29, 0.717) is 5.56 Å². The van der Waals surface area contributed by atoms with Gasteiger partial charge in [-0.25, -0.2) is 0 Å². The quantitative estimate of drug-likeness (QED) is 0.274. The second-order valence-electron chi connectivity index (χ2n) is 9.56. The van der Waals surface area contributed by atoms with Gasteiger partial charge in [-0.2, -0.15) is 30.0 Å². The van der Waals surface area contributed by atoms with Gasteiger partial charge in [0.15, 0.2) is 5.75 Å². The molecule has 4 rings (SSSR count). The second-order valence-corrected chi connectivity index (χ2v) is 12.6. The fourth-order valence-corrected chi connectivity index (χ4v) is 6.03. The summed E-state index contributed by atoms with van der Waals surface area (Å²) >= 11 is 0. The van der Waals surface area contributed by atoms with Crippen LogP contribution in [0.2, 0.25) is 0 Å². The van der Waals surface area contributed by atoms with Crippen molar-refractivity contribution in [1.29, 1.82) is 0 Å². The molecule has 0 radical (unpaired) electrons. The van der Waals surface area contributed by atoms with E-state index in [1.165, 1.54) is 12.1 Å². The lowest BCUT2D eigenvalue weighted by Crippen LogP contribution is -2.45. The Hall–Kier alpha value is -2.73. The number of rotatable bonds is 5. The van der Waals surface area contributed by atoms with Crippen LogP contribution in [0.3, 0.4) is 0 Å². The van der Waals surface area contributed by atoms with Crippen molar-refractivity contribution in [2.75, 3.05) is 0 Å². The molecule has 2 atom stereocenters. The first kappa shape index (κ1) is 26.3. The van der Waals surface area contributed by atoms with E-state index in [2.05, 4.69) is 4.18 Å². The van der Waals surface area contributed by atoms with Crippen LogP contribution in [0.15, 0.2) is 52.9 Å². The highest BCUT2D eigenvalue weighted by atomic mass is 32.2. The molecule has 0 amide bonds. The third kappa shape index (κ3) is 4.93. The lowest BCUT2D eigenvalue weighted by Gasteiger charge is -2.46. The standard InChI is InChI=1S/C24H25F3O7S2/c1-14-5-8-17(9-6-14)35(28,29)34-21-13-16(33-36(30,31)24(25,26)27)12-20-22(21)18-11-15(2)7-10-19(18)23(3,4)32-20/h5-6,8-9,11-13,18-19H,7,10H2,1-4H3/t18-,19-/m1/s1. The van der Waals surface area contributed by atoms with Crippen molar-refractivity contribution in [1.82, 2.24) is 0 Å². The van der Waals surface area contributed by atoms with Gasteiger partial charge in [0, 0.05) is 29.5 Å². The molecule has 2 aromatic rings. The minimum atomic E-state index is -6.03. The first-order valence-electron chi connectivity index (χ1n) is 11.1. The molecule has 2 aromatic carbocycles. The Bertz CT molecular complexity index is 1430. The average molecular weight is 547 g/mol. The Morgan fingerprint density at radius 1 is 1.00 bits per heavy atom. The monoisotopic (exact) mass is 546 g/mol. The molecular weight excluding hydrogens is 521 g/mol. The van der Waals surface area contributed by atoms with Crippen molar-refractivity contribution in [2.45, 2.75) is 62.5 Å². The van der Waals surface area contributed by atoms with Gasteiger partial charge >= 0.3 is 25.7 Å². The van der Waals surface area contributed by atoms with Gasteiger partial charge < -0.3 is 13.1 Å². The SMILES string of the molecule is CC1=C[C@H]2c3c(cc(OS(=O)(=O)C(F)(F)F)cc3OS(=O)(=O)c3ccc(C)cc3)OC(C)(C)[C@@H]2CC1. The lowest BCUT2D eigenvalue weighted by molar-refractivity contribution is -0.0500. The summed E-state index contributed by atoms with van der Waals surface area (Å²) in [6.07, 6.45) is 3.48. The molecule has 0 saturated carbocycles. The topological polar surface area (TPSA) is 96.0 Å². The van der Waals surface area contributed by atoms with Gasteiger partial charge in [0.05, 0.1) is 0 Å². The van der Waals surface area contributed by atoms with Crippen molar-refractivity contribution in [2.24, 2.45) is 5.92 Å². The molecular formula is C24H25F3O7S2. The third-order valence-corrected chi connectivity index (χ3v) is 8.65. The van der Waals surface area contributed by atoms with Crippen molar-refractivity contribution < 1.29 is 43.1 Å². The van der Waals surface area contributed by atoms with Crippen molar-refractivity contribution in [3.8, 4) is 17.2 Å². The molecule has 0 fully saturated rings. The highest BCUT2D eigenvalue weighted by molar-refractivity contribution is 7.88. The smallest absolute Gasteiger partial charge is 0.487 e. The molecule has 0 bridgehead atoms. The summed E-state index contributed by atoms with van der Waals surface area (Å²) in [5.74, 6) is -1.64. The van der Waals surface area contributed by atoms with Gasteiger partial charge in [0.1, 0.15) is 22.0 Å². The summed E-state index contributed by atoms with van der Waals surface area (Å²) in [5.41, 5.74) is -4.33. The molecule has 1 aliphatic heterocycles. The van der Waals surface area contributed by atoms with Gasteiger partial charge in [-0.05, 0) is 52.7 Å². The first-order valence-corrected chi connectivity index (χ1v) is 13.9. The van der Waals surface area contributed by atoms with Crippen molar-refractivity contribution in [3.63, 3.8) is 0 Å². The number of fused-ring (bicyclic) bond motifs is 3. The van der Waals surface area contributed by atoms with Crippen LogP contribution in [0.25, 0.3) is 0 Å². The van der Waals surface area contributed by atoms with E-state index in [9.17, 15) is 30.0 Å². The molecule has 12 heteroatoms. The largest absolute Gasteiger partial charge is 0.534 e. The highest BCUT2D eigenvalue weighted by Gasteiger charge is 2.50. The molecule has 1 aliphatic carbocycles. The second kappa shape index (κ2) is 8.69. The first-order chi connectivity index (χ1) is 16.5. The molecule has 0 unspecified atom stereocenters. The summed E-state index contributed by atoms with van der Waals surface area (Å²) in [6, 6.07) is 7.65. The Morgan fingerprint density at radius 3 is 2.25 bits per heavy atom. The van der Waals surface area contributed by atoms with Gasteiger partial charge in [0.25, 0.3) is 0 Å². The molecule has 196 valence electrons. The summed E-state index contributed by atoms with van der Waals surface area (Å²) in [4.78, 5) is -0.181. The number of ether oxygens (including phenoxy) is 1. The number of halogens is 3. The van der Waals surface area contributed by atoms with E-state index in [0.717, 1.165) is 36.1 Å². The molecule has 0 saturated heterocycles. The van der Waals surface area contributed by atoms with E-state index in [1.807, 2.05) is 26.8 Å². The van der Waals surface area contributed by atoms with Crippen LogP contribution in [-0.4, -0.2) is 27.9 Å². The summed E-state index contributed by atoms with van der Waals surface area (Å²) in [5, 5.41) is 0. The molecule has 2 aliphatic rings. The number of alkyl halides is 3. The zero-order valence-electron chi connectivity index (χ0n) is 19.9. The van der Waals surface area contributed by atoms with Gasteiger partial charge in [-0.3, -0.25) is 0 Å². The van der Waals surface area contributed by atoms with Crippen molar-refractivity contribution in [3.05, 3.63) is 59.2 Å². The molecule has 0 spiro atoms. The van der Waals surface area contributed by atoms with Crippen LogP contribution < -0.4 is 13.1 Å². The maximum absolute atomic E-state index is 13.1. The van der Waals surface area contributed by atoms with Gasteiger partial charge in [-0.15, -0.1) is 0 Å². The lowest BCUT2D eigenvalue weighted by atomic mass is 9.68. The van der Waals surface area contributed by atoms with Crippen LogP contribution in [-0.2, 0) is 20.2 Å². The van der Waals surface area contributed by atoms with E-state index in [4.69, 9.17) is 8.92 Å². The third-order valence-electron chi connectivity index (χ3n) is 6.42. The summed E-state index contributed by atoms with van der Waals surface area (Å²) in [6.45, 7) is 7.32. The molecule has 0 N–H and O–H groups in total. The number of benzene rings is 2. The number of hydrogen-bond donors (Lipinski definition) is 0. The Balaban J connectivity index is 1.90. The zero-order chi connectivity index (χ0) is 26.7. The van der Waals surface area contributed by atoms with Crippen molar-refractivity contribution >= 4 is 20.2 Å². The fourth-order valence-electron chi connectivity index (χ4n) is 4.64. The number of hydrogen-bond acceptors (Lipinski definition) is 7.